The van der Waals surface area contributed by atoms with Crippen LogP contribution in [0, 0.1) is 0 Å². The van der Waals surface area contributed by atoms with Gasteiger partial charge in [0, 0.05) is 24.8 Å². The molecule has 1 rings (SSSR count). The molecule has 0 saturated heterocycles. The second-order valence-electron chi connectivity index (χ2n) is 5.13. The largest absolute Gasteiger partial charge is 0.507 e. The van der Waals surface area contributed by atoms with Crippen molar-refractivity contribution in [2.45, 2.75) is 12.8 Å². The third kappa shape index (κ3) is 7.73. The Kier molecular flexibility index (Phi) is 7.14. The lowest BCUT2D eigenvalue weighted by Crippen LogP contribution is -2.28. The fourth-order valence-electron chi connectivity index (χ4n) is 2.07. The third-order valence-electron chi connectivity index (χ3n) is 3.17. The molecule has 0 atom stereocenters. The standard InChI is InChI=1S/C13H19NO8S2/c15-10-11-3-4-12(9-13(11)16)14(5-1-7-23(17,18)19)6-2-8-24(20,21)22/h3-4,9-10,16H,1-2,5-8H2,(H,17,18,19)(H,20,21,22). The summed E-state index contributed by atoms with van der Waals surface area (Å²) in [6.07, 6.45) is 0.613. The van der Waals surface area contributed by atoms with E-state index in [1.54, 1.807) is 4.90 Å². The van der Waals surface area contributed by atoms with Crippen molar-refractivity contribution in [3.63, 3.8) is 0 Å². The second kappa shape index (κ2) is 8.42. The molecule has 0 fully saturated rings. The van der Waals surface area contributed by atoms with E-state index in [1.807, 2.05) is 0 Å². The van der Waals surface area contributed by atoms with Crippen LogP contribution in [0.4, 0.5) is 5.69 Å². The summed E-state index contributed by atoms with van der Waals surface area (Å²) in [7, 11) is -8.25. The summed E-state index contributed by atoms with van der Waals surface area (Å²) in [5, 5.41) is 9.72. The summed E-state index contributed by atoms with van der Waals surface area (Å²) in [5.74, 6) is -1.21. The summed E-state index contributed by atoms with van der Waals surface area (Å²) < 4.78 is 60.6. The molecule has 0 spiro atoms. The van der Waals surface area contributed by atoms with Crippen LogP contribution in [0.25, 0.3) is 0 Å². The van der Waals surface area contributed by atoms with Gasteiger partial charge < -0.3 is 10.0 Å². The number of benzene rings is 1. The van der Waals surface area contributed by atoms with Gasteiger partial charge in [-0.1, -0.05) is 0 Å². The zero-order valence-electron chi connectivity index (χ0n) is 12.7. The lowest BCUT2D eigenvalue weighted by atomic mass is 10.1. The van der Waals surface area contributed by atoms with Gasteiger partial charge in [-0.3, -0.25) is 13.9 Å². The summed E-state index contributed by atoms with van der Waals surface area (Å²) in [6, 6.07) is 4.19. The van der Waals surface area contributed by atoms with Crippen LogP contribution in [-0.4, -0.2) is 61.9 Å². The van der Waals surface area contributed by atoms with Gasteiger partial charge in [0.05, 0.1) is 17.1 Å². The van der Waals surface area contributed by atoms with Crippen LogP contribution < -0.4 is 4.90 Å². The topological polar surface area (TPSA) is 149 Å². The van der Waals surface area contributed by atoms with E-state index in [1.165, 1.54) is 18.2 Å². The van der Waals surface area contributed by atoms with Crippen molar-refractivity contribution in [1.82, 2.24) is 0 Å². The Morgan fingerprint density at radius 2 is 1.46 bits per heavy atom. The fourth-order valence-corrected chi connectivity index (χ4v) is 3.06. The molecule has 9 nitrogen and oxygen atoms in total. The zero-order valence-corrected chi connectivity index (χ0v) is 14.3. The number of carbonyl (C=O) groups is 1. The first-order valence-electron chi connectivity index (χ1n) is 6.95. The highest BCUT2D eigenvalue weighted by Gasteiger charge is 2.13. The molecule has 0 aliphatic heterocycles. The molecule has 1 aromatic rings. The number of aromatic hydroxyl groups is 1. The van der Waals surface area contributed by atoms with Gasteiger partial charge >= 0.3 is 0 Å². The van der Waals surface area contributed by atoms with Crippen LogP contribution in [0.2, 0.25) is 0 Å². The fraction of sp³-hybridized carbons (Fsp3) is 0.462. The number of nitrogens with zero attached hydrogens (tertiary/aromatic N) is 1. The van der Waals surface area contributed by atoms with E-state index >= 15 is 0 Å². The van der Waals surface area contributed by atoms with E-state index in [2.05, 4.69) is 0 Å². The van der Waals surface area contributed by atoms with Crippen LogP contribution in [-0.2, 0) is 20.2 Å². The number of aldehydes is 1. The minimum absolute atomic E-state index is 0.0703. The average molecular weight is 381 g/mol. The maximum absolute atomic E-state index is 10.8. The van der Waals surface area contributed by atoms with Crippen molar-refractivity contribution >= 4 is 32.2 Å². The molecular weight excluding hydrogens is 362 g/mol. The Morgan fingerprint density at radius 1 is 0.958 bits per heavy atom. The SMILES string of the molecule is O=Cc1ccc(N(CCCS(=O)(=O)O)CCCS(=O)(=O)O)cc1O. The molecule has 0 aromatic heterocycles. The molecule has 0 heterocycles. The minimum atomic E-state index is -4.12. The predicted octanol–water partition coefficient (Wildman–Crippen LogP) is 0.567. The van der Waals surface area contributed by atoms with E-state index in [0.717, 1.165) is 0 Å². The van der Waals surface area contributed by atoms with Gasteiger partial charge in [-0.05, 0) is 25.0 Å². The van der Waals surface area contributed by atoms with Crippen LogP contribution in [0.1, 0.15) is 23.2 Å². The first-order valence-corrected chi connectivity index (χ1v) is 10.2. The lowest BCUT2D eigenvalue weighted by molar-refractivity contribution is 0.112. The molecule has 0 bridgehead atoms. The highest BCUT2D eigenvalue weighted by atomic mass is 32.2. The van der Waals surface area contributed by atoms with Crippen molar-refractivity contribution in [3.8, 4) is 5.75 Å². The molecular formula is C13H19NO8S2. The van der Waals surface area contributed by atoms with Crippen molar-refractivity contribution in [3.05, 3.63) is 23.8 Å². The zero-order chi connectivity index (χ0) is 18.4. The van der Waals surface area contributed by atoms with E-state index in [-0.39, 0.29) is 37.2 Å². The Hall–Kier alpha value is -1.69. The number of hydrogen-bond acceptors (Lipinski definition) is 7. The molecule has 0 saturated carbocycles. The normalized spacial score (nSPS) is 12.1. The van der Waals surface area contributed by atoms with Crippen molar-refractivity contribution in [2.75, 3.05) is 29.5 Å². The van der Waals surface area contributed by atoms with Gasteiger partial charge in [-0.25, -0.2) is 0 Å². The van der Waals surface area contributed by atoms with Crippen molar-refractivity contribution < 1.29 is 35.8 Å². The van der Waals surface area contributed by atoms with Gasteiger partial charge in [-0.2, -0.15) is 16.8 Å². The first-order chi connectivity index (χ1) is 11.0. The highest BCUT2D eigenvalue weighted by molar-refractivity contribution is 7.86. The van der Waals surface area contributed by atoms with Crippen LogP contribution in [0.3, 0.4) is 0 Å². The molecule has 136 valence electrons. The Labute approximate surface area is 140 Å². The summed E-state index contributed by atoms with van der Waals surface area (Å²) in [5.41, 5.74) is 0.526. The van der Waals surface area contributed by atoms with Gasteiger partial charge in [0.15, 0.2) is 6.29 Å². The summed E-state index contributed by atoms with van der Waals surface area (Å²) in [4.78, 5) is 12.3. The molecule has 11 heteroatoms. The van der Waals surface area contributed by atoms with E-state index in [4.69, 9.17) is 9.11 Å². The minimum Gasteiger partial charge on any atom is -0.507 e. The molecule has 0 aliphatic carbocycles. The van der Waals surface area contributed by atoms with E-state index in [9.17, 15) is 26.7 Å². The molecule has 1 aromatic carbocycles. The Morgan fingerprint density at radius 3 is 1.83 bits per heavy atom. The van der Waals surface area contributed by atoms with Gasteiger partial charge in [-0.15, -0.1) is 0 Å². The van der Waals surface area contributed by atoms with Crippen LogP contribution >= 0.6 is 0 Å². The molecule has 0 aliphatic rings. The van der Waals surface area contributed by atoms with Crippen molar-refractivity contribution in [2.24, 2.45) is 0 Å². The first kappa shape index (κ1) is 20.4. The molecule has 24 heavy (non-hydrogen) atoms. The Balaban J connectivity index is 2.86. The Bertz CT molecular complexity index is 735. The maximum Gasteiger partial charge on any atom is 0.264 e. The summed E-state index contributed by atoms with van der Waals surface area (Å²) in [6.45, 7) is 0.316. The van der Waals surface area contributed by atoms with Crippen molar-refractivity contribution in [1.29, 1.82) is 0 Å². The van der Waals surface area contributed by atoms with Gasteiger partial charge in [0.2, 0.25) is 0 Å². The van der Waals surface area contributed by atoms with E-state index < -0.39 is 31.7 Å². The average Bonchev–Trinajstić information content (AvgIpc) is 2.43. The van der Waals surface area contributed by atoms with Gasteiger partial charge in [0.25, 0.3) is 20.2 Å². The number of phenols is 1. The van der Waals surface area contributed by atoms with Crippen LogP contribution in [0.5, 0.6) is 5.75 Å². The molecule has 0 radical (unpaired) electrons. The smallest absolute Gasteiger partial charge is 0.264 e. The predicted molar refractivity (Wildman–Crippen MR) is 87.8 cm³/mol. The summed E-state index contributed by atoms with van der Waals surface area (Å²) >= 11 is 0. The quantitative estimate of drug-likeness (QED) is 0.390. The highest BCUT2D eigenvalue weighted by Crippen LogP contribution is 2.24. The number of carbonyl (C=O) groups excluding carboxylic acids is 1. The molecule has 0 unspecified atom stereocenters. The number of anilines is 1. The molecule has 3 N–H and O–H groups in total. The lowest BCUT2D eigenvalue weighted by Gasteiger charge is -2.25. The van der Waals surface area contributed by atoms with Gasteiger partial charge in [0.1, 0.15) is 5.75 Å². The van der Waals surface area contributed by atoms with Crippen LogP contribution in [0.15, 0.2) is 18.2 Å². The second-order valence-corrected chi connectivity index (χ2v) is 8.27. The number of hydrogen-bond donors (Lipinski definition) is 3. The monoisotopic (exact) mass is 381 g/mol. The number of rotatable bonds is 10. The maximum atomic E-state index is 10.8. The third-order valence-corrected chi connectivity index (χ3v) is 4.78. The van der Waals surface area contributed by atoms with E-state index in [0.29, 0.717) is 12.0 Å². The number of phenolic OH excluding ortho intramolecular Hbond substituents is 1. The molecule has 0 amide bonds.